The second-order valence-corrected chi connectivity index (χ2v) is 5.35. The predicted octanol–water partition coefficient (Wildman–Crippen LogP) is 3.22. The molecule has 11 heavy (non-hydrogen) atoms. The van der Waals surface area contributed by atoms with Crippen LogP contribution in [-0.2, 0) is 4.65 Å². The Bertz CT molecular complexity index is 105. The molecule has 0 saturated heterocycles. The molecule has 0 aromatic heterocycles. The number of rotatable bonds is 1. The Kier molecular flexibility index (Phi) is 3.19. The van der Waals surface area contributed by atoms with Crippen LogP contribution in [0.1, 0.15) is 41.5 Å². The van der Waals surface area contributed by atoms with Gasteiger partial charge in [0.25, 0.3) is 0 Å². The van der Waals surface area contributed by atoms with Crippen LogP contribution < -0.4 is 0 Å². The molecule has 0 aliphatic carbocycles. The SMILES string of the molecule is COB(C(C)(C)C)C(C)(C)C. The van der Waals surface area contributed by atoms with Gasteiger partial charge < -0.3 is 4.65 Å². The van der Waals surface area contributed by atoms with Crippen molar-refractivity contribution in [2.75, 3.05) is 7.11 Å². The lowest BCUT2D eigenvalue weighted by Crippen LogP contribution is -2.37. The molecule has 0 aliphatic heterocycles. The summed E-state index contributed by atoms with van der Waals surface area (Å²) in [5, 5.41) is 0.458. The maximum atomic E-state index is 5.48. The Morgan fingerprint density at radius 2 is 1.09 bits per heavy atom. The van der Waals surface area contributed by atoms with Crippen molar-refractivity contribution < 1.29 is 4.65 Å². The highest BCUT2D eigenvalue weighted by molar-refractivity contribution is 6.58. The van der Waals surface area contributed by atoms with Crippen LogP contribution >= 0.6 is 0 Å². The quantitative estimate of drug-likeness (QED) is 0.529. The Morgan fingerprint density at radius 3 is 1.09 bits per heavy atom. The third-order valence-corrected chi connectivity index (χ3v) is 1.81. The standard InChI is InChI=1S/C9H21BO/c1-8(2,3)10(11-7)9(4,5)6/h1-7H3. The average Bonchev–Trinajstić information content (AvgIpc) is 1.56. The van der Waals surface area contributed by atoms with Gasteiger partial charge in [0.15, 0.2) is 0 Å². The first-order valence-corrected chi connectivity index (χ1v) is 4.22. The van der Waals surface area contributed by atoms with Crippen LogP contribution in [0.3, 0.4) is 0 Å². The summed E-state index contributed by atoms with van der Waals surface area (Å²) in [5.74, 6) is 0. The van der Waals surface area contributed by atoms with Gasteiger partial charge in [0.2, 0.25) is 0 Å². The van der Waals surface area contributed by atoms with Crippen molar-refractivity contribution in [3.8, 4) is 0 Å². The van der Waals surface area contributed by atoms with Crippen molar-refractivity contribution in [2.24, 2.45) is 0 Å². The molecule has 0 atom stereocenters. The summed E-state index contributed by atoms with van der Waals surface area (Å²) in [4.78, 5) is 0. The van der Waals surface area contributed by atoms with E-state index >= 15 is 0 Å². The number of hydrogen-bond donors (Lipinski definition) is 0. The molecule has 0 saturated carbocycles. The summed E-state index contributed by atoms with van der Waals surface area (Å²) in [5.41, 5.74) is 0. The zero-order chi connectivity index (χ0) is 9.28. The van der Waals surface area contributed by atoms with Gasteiger partial charge in [-0.3, -0.25) is 0 Å². The molecule has 0 fully saturated rings. The fraction of sp³-hybridized carbons (Fsp3) is 1.00. The monoisotopic (exact) mass is 156 g/mol. The van der Waals surface area contributed by atoms with E-state index in [2.05, 4.69) is 41.5 Å². The molecule has 0 heterocycles. The van der Waals surface area contributed by atoms with Gasteiger partial charge in [-0.05, 0) is 10.6 Å². The molecule has 0 aromatic carbocycles. The van der Waals surface area contributed by atoms with Crippen molar-refractivity contribution >= 4 is 6.92 Å². The van der Waals surface area contributed by atoms with Crippen LogP contribution in [0, 0.1) is 0 Å². The van der Waals surface area contributed by atoms with Gasteiger partial charge in [-0.1, -0.05) is 41.5 Å². The van der Waals surface area contributed by atoms with E-state index in [4.69, 9.17) is 4.65 Å². The minimum Gasteiger partial charge on any atom is -0.437 e. The first-order valence-electron chi connectivity index (χ1n) is 4.22. The van der Waals surface area contributed by atoms with Crippen LogP contribution in [0.5, 0.6) is 0 Å². The highest BCUT2D eigenvalue weighted by atomic mass is 16.4. The highest BCUT2D eigenvalue weighted by Gasteiger charge is 2.39. The lowest BCUT2D eigenvalue weighted by atomic mass is 9.35. The summed E-state index contributed by atoms with van der Waals surface area (Å²) >= 11 is 0. The van der Waals surface area contributed by atoms with E-state index in [9.17, 15) is 0 Å². The van der Waals surface area contributed by atoms with Crippen molar-refractivity contribution in [2.45, 2.75) is 52.2 Å². The van der Waals surface area contributed by atoms with Gasteiger partial charge in [0.05, 0.1) is 0 Å². The van der Waals surface area contributed by atoms with E-state index in [1.165, 1.54) is 0 Å². The van der Waals surface area contributed by atoms with Crippen molar-refractivity contribution in [3.63, 3.8) is 0 Å². The zero-order valence-corrected chi connectivity index (χ0v) is 8.99. The lowest BCUT2D eigenvalue weighted by molar-refractivity contribution is 0.360. The van der Waals surface area contributed by atoms with Crippen LogP contribution in [0.2, 0.25) is 10.6 Å². The van der Waals surface area contributed by atoms with Gasteiger partial charge >= 0.3 is 6.92 Å². The molecule has 0 aliphatic rings. The van der Waals surface area contributed by atoms with Gasteiger partial charge in [0.1, 0.15) is 0 Å². The molecule has 0 aromatic rings. The smallest absolute Gasteiger partial charge is 0.303 e. The Balaban J connectivity index is 4.43. The minimum atomic E-state index is 0.229. The Labute approximate surface area is 71.6 Å². The maximum absolute atomic E-state index is 5.48. The summed E-state index contributed by atoms with van der Waals surface area (Å²) < 4.78 is 5.48. The van der Waals surface area contributed by atoms with Crippen LogP contribution in [0.4, 0.5) is 0 Å². The normalized spacial score (nSPS) is 13.4. The molecule has 0 unspecified atom stereocenters. The average molecular weight is 156 g/mol. The summed E-state index contributed by atoms with van der Waals surface area (Å²) in [7, 11) is 1.79. The van der Waals surface area contributed by atoms with Crippen molar-refractivity contribution in [1.29, 1.82) is 0 Å². The summed E-state index contributed by atoms with van der Waals surface area (Å²) in [6, 6.07) is 0. The second kappa shape index (κ2) is 3.18. The predicted molar refractivity (Wildman–Crippen MR) is 52.2 cm³/mol. The first-order chi connectivity index (χ1) is 4.69. The fourth-order valence-electron chi connectivity index (χ4n) is 2.01. The maximum Gasteiger partial charge on any atom is 0.303 e. The van der Waals surface area contributed by atoms with Gasteiger partial charge in [-0.2, -0.15) is 0 Å². The Hall–Kier alpha value is 0.0249. The van der Waals surface area contributed by atoms with E-state index in [-0.39, 0.29) is 10.6 Å². The Morgan fingerprint density at radius 1 is 0.818 bits per heavy atom. The molecule has 0 spiro atoms. The van der Waals surface area contributed by atoms with Crippen molar-refractivity contribution in [1.82, 2.24) is 0 Å². The van der Waals surface area contributed by atoms with Crippen LogP contribution in [0.15, 0.2) is 0 Å². The third-order valence-electron chi connectivity index (χ3n) is 1.81. The second-order valence-electron chi connectivity index (χ2n) is 5.35. The molecule has 66 valence electrons. The molecule has 0 rings (SSSR count). The van der Waals surface area contributed by atoms with Gasteiger partial charge in [0, 0.05) is 7.11 Å². The van der Waals surface area contributed by atoms with E-state index in [1.54, 1.807) is 7.11 Å². The number of hydrogen-bond acceptors (Lipinski definition) is 1. The molecule has 2 heteroatoms. The summed E-state index contributed by atoms with van der Waals surface area (Å²) in [6.07, 6.45) is 0. The highest BCUT2D eigenvalue weighted by Crippen LogP contribution is 2.41. The molecule has 0 radical (unpaired) electrons. The summed E-state index contributed by atoms with van der Waals surface area (Å²) in [6.45, 7) is 13.6. The molecule has 1 nitrogen and oxygen atoms in total. The first kappa shape index (κ1) is 11.0. The van der Waals surface area contributed by atoms with E-state index in [1.807, 2.05) is 0 Å². The molecular weight excluding hydrogens is 135 g/mol. The van der Waals surface area contributed by atoms with E-state index in [0.29, 0.717) is 6.92 Å². The zero-order valence-electron chi connectivity index (χ0n) is 8.99. The van der Waals surface area contributed by atoms with Crippen molar-refractivity contribution in [3.05, 3.63) is 0 Å². The largest absolute Gasteiger partial charge is 0.437 e. The fourth-order valence-corrected chi connectivity index (χ4v) is 2.01. The molecule has 0 amide bonds. The van der Waals surface area contributed by atoms with Crippen LogP contribution in [0.25, 0.3) is 0 Å². The molecule has 0 N–H and O–H groups in total. The van der Waals surface area contributed by atoms with E-state index < -0.39 is 0 Å². The minimum absolute atomic E-state index is 0.229. The van der Waals surface area contributed by atoms with Gasteiger partial charge in [-0.15, -0.1) is 0 Å². The third kappa shape index (κ3) is 3.28. The van der Waals surface area contributed by atoms with E-state index in [0.717, 1.165) is 0 Å². The van der Waals surface area contributed by atoms with Crippen LogP contribution in [-0.4, -0.2) is 14.0 Å². The lowest BCUT2D eigenvalue weighted by Gasteiger charge is -2.35. The molecule has 0 bridgehead atoms. The topological polar surface area (TPSA) is 9.23 Å². The van der Waals surface area contributed by atoms with Gasteiger partial charge in [-0.25, -0.2) is 0 Å². The molecular formula is C9H21BO.